The van der Waals surface area contributed by atoms with Crippen LogP contribution >= 0.6 is 0 Å². The monoisotopic (exact) mass is 499 g/mol. The van der Waals surface area contributed by atoms with E-state index in [4.69, 9.17) is 10.00 Å². The van der Waals surface area contributed by atoms with Gasteiger partial charge in [-0.3, -0.25) is 9.69 Å². The van der Waals surface area contributed by atoms with Crippen molar-refractivity contribution in [3.05, 3.63) is 64.2 Å². The van der Waals surface area contributed by atoms with Crippen LogP contribution in [0.5, 0.6) is 5.75 Å². The molecule has 36 heavy (non-hydrogen) atoms. The van der Waals surface area contributed by atoms with Gasteiger partial charge in [-0.1, -0.05) is 6.07 Å². The summed E-state index contributed by atoms with van der Waals surface area (Å²) in [5.41, 5.74) is 3.15. The van der Waals surface area contributed by atoms with E-state index in [2.05, 4.69) is 30.9 Å². The van der Waals surface area contributed by atoms with Crippen LogP contribution in [0.3, 0.4) is 0 Å². The topological polar surface area (TPSA) is 56.6 Å². The summed E-state index contributed by atoms with van der Waals surface area (Å²) in [6.07, 6.45) is -0.136. The molecule has 2 aromatic carbocycles. The summed E-state index contributed by atoms with van der Waals surface area (Å²) in [5.74, 6) is 0.643. The number of amides is 1. The van der Waals surface area contributed by atoms with Crippen LogP contribution in [0.25, 0.3) is 0 Å². The summed E-state index contributed by atoms with van der Waals surface area (Å²) in [7, 11) is 0. The third-order valence-corrected chi connectivity index (χ3v) is 7.52. The maximum Gasteiger partial charge on any atom is 0.416 e. The molecule has 5 nitrogen and oxygen atoms in total. The summed E-state index contributed by atoms with van der Waals surface area (Å²) in [5, 5.41) is 8.71. The molecule has 4 rings (SSSR count). The Morgan fingerprint density at radius 3 is 2.53 bits per heavy atom. The van der Waals surface area contributed by atoms with E-state index in [1.807, 2.05) is 6.07 Å². The van der Waals surface area contributed by atoms with Crippen LogP contribution in [0.4, 0.5) is 13.2 Å². The third-order valence-electron chi connectivity index (χ3n) is 7.52. The molecule has 0 radical (unpaired) electrons. The lowest BCUT2D eigenvalue weighted by molar-refractivity contribution is -0.137. The summed E-state index contributed by atoms with van der Waals surface area (Å²) < 4.78 is 44.5. The maximum absolute atomic E-state index is 13.0. The van der Waals surface area contributed by atoms with Gasteiger partial charge in [0.2, 0.25) is 0 Å². The first-order valence-electron chi connectivity index (χ1n) is 12.5. The number of nitrogens with zero attached hydrogens (tertiary/aromatic N) is 3. The number of nitriles is 1. The second kappa shape index (κ2) is 10.9. The molecule has 1 amide bonds. The number of halogens is 3. The minimum Gasteiger partial charge on any atom is -0.493 e. The summed E-state index contributed by atoms with van der Waals surface area (Å²) in [6.45, 7) is 6.57. The number of fused-ring (bicyclic) bond motifs is 1. The van der Waals surface area contributed by atoms with Gasteiger partial charge in [-0.15, -0.1) is 0 Å². The zero-order valence-electron chi connectivity index (χ0n) is 20.8. The average molecular weight is 500 g/mol. The summed E-state index contributed by atoms with van der Waals surface area (Å²) in [4.78, 5) is 17.3. The fraction of sp³-hybridized carbons (Fsp3) is 0.500. The number of hydrogen-bond donors (Lipinski definition) is 0. The second-order valence-corrected chi connectivity index (χ2v) is 9.68. The number of alkyl halides is 3. The standard InChI is InChI=1S/C28H32F3N3O2/c1-19-20(2)26(36-17-4-3-14-32)13-12-24(19)25-7-5-6-23-18-33(15-16-34(23)25)27(35)21-8-10-22(11-9-21)28(29,30)31/h8-13,23,25H,3-7,15-18H2,1-2H3/t23-,25+/m0/s1. The highest BCUT2D eigenvalue weighted by atomic mass is 19.4. The van der Waals surface area contributed by atoms with Crippen molar-refractivity contribution in [3.8, 4) is 11.8 Å². The van der Waals surface area contributed by atoms with Crippen LogP contribution in [0.2, 0.25) is 0 Å². The maximum atomic E-state index is 13.0. The van der Waals surface area contributed by atoms with Crippen LogP contribution in [0, 0.1) is 25.2 Å². The van der Waals surface area contributed by atoms with E-state index in [1.54, 1.807) is 4.90 Å². The van der Waals surface area contributed by atoms with Gasteiger partial charge < -0.3 is 9.64 Å². The van der Waals surface area contributed by atoms with Crippen molar-refractivity contribution in [2.24, 2.45) is 0 Å². The Kier molecular flexibility index (Phi) is 7.89. The number of unbranched alkanes of at least 4 members (excludes halogenated alkanes) is 1. The molecule has 0 bridgehead atoms. The van der Waals surface area contributed by atoms with Crippen molar-refractivity contribution in [1.29, 1.82) is 5.26 Å². The van der Waals surface area contributed by atoms with Crippen molar-refractivity contribution in [2.75, 3.05) is 26.2 Å². The van der Waals surface area contributed by atoms with E-state index < -0.39 is 11.7 Å². The number of carbonyl (C=O) groups excluding carboxylic acids is 1. The van der Waals surface area contributed by atoms with Gasteiger partial charge in [0.1, 0.15) is 5.75 Å². The molecule has 2 aromatic rings. The van der Waals surface area contributed by atoms with E-state index in [0.717, 1.165) is 49.3 Å². The predicted octanol–water partition coefficient (Wildman–Crippen LogP) is 6.06. The Labute approximate surface area is 210 Å². The van der Waals surface area contributed by atoms with E-state index in [-0.39, 0.29) is 18.0 Å². The average Bonchev–Trinajstić information content (AvgIpc) is 2.87. The molecule has 0 spiro atoms. The molecule has 0 N–H and O–H groups in total. The lowest BCUT2D eigenvalue weighted by atomic mass is 9.86. The molecular formula is C28H32F3N3O2. The first-order chi connectivity index (χ1) is 17.2. The highest BCUT2D eigenvalue weighted by Gasteiger charge is 2.38. The predicted molar refractivity (Wildman–Crippen MR) is 131 cm³/mol. The third kappa shape index (κ3) is 5.52. The number of hydrogen-bond acceptors (Lipinski definition) is 4. The van der Waals surface area contributed by atoms with Gasteiger partial charge >= 0.3 is 6.18 Å². The quantitative estimate of drug-likeness (QED) is 0.454. The summed E-state index contributed by atoms with van der Waals surface area (Å²) >= 11 is 0. The molecule has 0 aliphatic carbocycles. The second-order valence-electron chi connectivity index (χ2n) is 9.68. The molecule has 2 saturated heterocycles. The molecule has 2 heterocycles. The lowest BCUT2D eigenvalue weighted by Crippen LogP contribution is -2.57. The number of piperidine rings is 1. The van der Waals surface area contributed by atoms with Gasteiger partial charge in [-0.2, -0.15) is 18.4 Å². The SMILES string of the molecule is Cc1c(OCCCC#N)ccc([C@H]2CCC[C@H]3CN(C(=O)c4ccc(C(F)(F)F)cc4)CCN32)c1C. The highest BCUT2D eigenvalue weighted by molar-refractivity contribution is 5.94. The van der Waals surface area contributed by atoms with Crippen molar-refractivity contribution in [3.63, 3.8) is 0 Å². The Hall–Kier alpha value is -3.05. The lowest BCUT2D eigenvalue weighted by Gasteiger charge is -2.49. The van der Waals surface area contributed by atoms with Crippen molar-refractivity contribution in [1.82, 2.24) is 9.80 Å². The fourth-order valence-electron chi connectivity index (χ4n) is 5.42. The van der Waals surface area contributed by atoms with Crippen LogP contribution in [0.1, 0.15) is 70.8 Å². The smallest absolute Gasteiger partial charge is 0.416 e. The Bertz CT molecular complexity index is 1120. The van der Waals surface area contributed by atoms with Crippen molar-refractivity contribution in [2.45, 2.75) is 64.2 Å². The number of rotatable bonds is 6. The number of benzene rings is 2. The molecule has 2 aliphatic heterocycles. The fourth-order valence-corrected chi connectivity index (χ4v) is 5.42. The zero-order valence-corrected chi connectivity index (χ0v) is 20.8. The number of carbonyl (C=O) groups is 1. The number of piperazine rings is 1. The van der Waals surface area contributed by atoms with Gasteiger partial charge in [0.05, 0.1) is 18.2 Å². The molecule has 0 unspecified atom stereocenters. The molecule has 0 aromatic heterocycles. The molecule has 192 valence electrons. The van der Waals surface area contributed by atoms with Gasteiger partial charge in [0.15, 0.2) is 0 Å². The highest BCUT2D eigenvalue weighted by Crippen LogP contribution is 2.39. The zero-order chi connectivity index (χ0) is 25.9. The Morgan fingerprint density at radius 2 is 1.83 bits per heavy atom. The first kappa shape index (κ1) is 26.0. The van der Waals surface area contributed by atoms with Gasteiger partial charge in [0.25, 0.3) is 5.91 Å². The Morgan fingerprint density at radius 1 is 1.08 bits per heavy atom. The van der Waals surface area contributed by atoms with Crippen molar-refractivity contribution < 1.29 is 22.7 Å². The first-order valence-corrected chi connectivity index (χ1v) is 12.5. The van der Waals surface area contributed by atoms with Gasteiger partial charge in [0, 0.05) is 43.7 Å². The van der Waals surface area contributed by atoms with E-state index in [9.17, 15) is 18.0 Å². The van der Waals surface area contributed by atoms with Crippen LogP contribution in [-0.4, -0.2) is 48.0 Å². The molecule has 8 heteroatoms. The van der Waals surface area contributed by atoms with Crippen LogP contribution in [0.15, 0.2) is 36.4 Å². The molecule has 2 atom stereocenters. The number of ether oxygens (including phenoxy) is 1. The van der Waals surface area contributed by atoms with E-state index in [0.29, 0.717) is 38.1 Å². The molecule has 2 aliphatic rings. The van der Waals surface area contributed by atoms with E-state index in [1.165, 1.54) is 23.3 Å². The van der Waals surface area contributed by atoms with Gasteiger partial charge in [-0.25, -0.2) is 0 Å². The minimum atomic E-state index is -4.41. The van der Waals surface area contributed by atoms with Crippen LogP contribution in [-0.2, 0) is 6.18 Å². The van der Waals surface area contributed by atoms with Crippen LogP contribution < -0.4 is 4.74 Å². The largest absolute Gasteiger partial charge is 0.493 e. The minimum absolute atomic E-state index is 0.213. The molecule has 0 saturated carbocycles. The summed E-state index contributed by atoms with van der Waals surface area (Å²) in [6, 6.07) is 11.3. The Balaban J connectivity index is 1.44. The molecule has 2 fully saturated rings. The molecular weight excluding hydrogens is 467 g/mol. The normalized spacial score (nSPS) is 20.5. The van der Waals surface area contributed by atoms with Crippen molar-refractivity contribution >= 4 is 5.91 Å². The van der Waals surface area contributed by atoms with E-state index >= 15 is 0 Å². The van der Waals surface area contributed by atoms with Gasteiger partial charge in [-0.05, 0) is 86.6 Å².